The molecule has 0 saturated heterocycles. The third-order valence-corrected chi connectivity index (χ3v) is 3.55. The molecule has 0 unspecified atom stereocenters. The van der Waals surface area contributed by atoms with E-state index in [2.05, 4.69) is 25.1 Å². The summed E-state index contributed by atoms with van der Waals surface area (Å²) in [6.07, 6.45) is 5.77. The topological polar surface area (TPSA) is 9.23 Å². The molecule has 0 aromatic heterocycles. The first-order valence-electron chi connectivity index (χ1n) is 5.62. The van der Waals surface area contributed by atoms with Crippen molar-refractivity contribution >= 4 is 0 Å². The van der Waals surface area contributed by atoms with Crippen LogP contribution in [0.4, 0.5) is 0 Å². The Balaban J connectivity index is 2.02. The number of aryl methyl sites for hydroxylation is 1. The molecule has 1 aliphatic carbocycles. The number of ether oxygens (including phenoxy) is 1. The van der Waals surface area contributed by atoms with Crippen molar-refractivity contribution in [1.29, 1.82) is 0 Å². The van der Waals surface area contributed by atoms with Gasteiger partial charge in [-0.25, -0.2) is 0 Å². The number of hydrogen-bond acceptors (Lipinski definition) is 1. The van der Waals surface area contributed by atoms with E-state index in [1.807, 2.05) is 0 Å². The van der Waals surface area contributed by atoms with Crippen LogP contribution in [-0.4, -0.2) is 6.10 Å². The van der Waals surface area contributed by atoms with Crippen molar-refractivity contribution in [1.82, 2.24) is 0 Å². The molecule has 1 heteroatoms. The normalized spacial score (nSPS) is 29.2. The van der Waals surface area contributed by atoms with Crippen molar-refractivity contribution in [2.45, 2.75) is 44.6 Å². The maximum absolute atomic E-state index is 5.97. The highest BCUT2D eigenvalue weighted by Gasteiger charge is 2.35. The van der Waals surface area contributed by atoms with Gasteiger partial charge in [0.05, 0.1) is 0 Å². The third kappa shape index (κ3) is 1.15. The first kappa shape index (κ1) is 8.34. The average molecular weight is 188 g/mol. The lowest BCUT2D eigenvalue weighted by molar-refractivity contribution is 0.164. The van der Waals surface area contributed by atoms with Crippen LogP contribution in [0.3, 0.4) is 0 Å². The van der Waals surface area contributed by atoms with Gasteiger partial charge in [0.2, 0.25) is 0 Å². The molecule has 0 spiro atoms. The molecule has 0 amide bonds. The standard InChI is InChI=1S/C13H16O/c1-9-6-7-13-11(8-9)10-4-2-3-5-12(10)14-13/h6-8,10,12H,2-5H2,1H3/t10-,12+/m1/s1. The molecule has 1 aromatic carbocycles. The van der Waals surface area contributed by atoms with Crippen molar-refractivity contribution < 1.29 is 4.74 Å². The Bertz CT molecular complexity index is 356. The lowest BCUT2D eigenvalue weighted by atomic mass is 9.83. The van der Waals surface area contributed by atoms with Gasteiger partial charge in [0.25, 0.3) is 0 Å². The van der Waals surface area contributed by atoms with Crippen LogP contribution in [-0.2, 0) is 0 Å². The molecule has 74 valence electrons. The fraction of sp³-hybridized carbons (Fsp3) is 0.538. The third-order valence-electron chi connectivity index (χ3n) is 3.55. The summed E-state index contributed by atoms with van der Waals surface area (Å²) in [5, 5.41) is 0. The molecular formula is C13H16O. The summed E-state index contributed by atoms with van der Waals surface area (Å²) in [4.78, 5) is 0. The van der Waals surface area contributed by atoms with Gasteiger partial charge in [-0.05, 0) is 32.3 Å². The monoisotopic (exact) mass is 188 g/mol. The summed E-state index contributed by atoms with van der Waals surface area (Å²) >= 11 is 0. The fourth-order valence-corrected chi connectivity index (χ4v) is 2.82. The molecular weight excluding hydrogens is 172 g/mol. The zero-order chi connectivity index (χ0) is 9.54. The lowest BCUT2D eigenvalue weighted by Crippen LogP contribution is -2.22. The predicted molar refractivity (Wildman–Crippen MR) is 56.8 cm³/mol. The number of hydrogen-bond donors (Lipinski definition) is 0. The molecule has 1 aromatic rings. The number of fused-ring (bicyclic) bond motifs is 3. The fourth-order valence-electron chi connectivity index (χ4n) is 2.82. The number of benzene rings is 1. The van der Waals surface area contributed by atoms with Crippen molar-refractivity contribution in [2.75, 3.05) is 0 Å². The molecule has 0 N–H and O–H groups in total. The van der Waals surface area contributed by atoms with Crippen LogP contribution in [0.5, 0.6) is 5.75 Å². The Labute approximate surface area is 85.1 Å². The van der Waals surface area contributed by atoms with Crippen molar-refractivity contribution in [3.05, 3.63) is 29.3 Å². The molecule has 1 saturated carbocycles. The summed E-state index contributed by atoms with van der Waals surface area (Å²) in [7, 11) is 0. The van der Waals surface area contributed by atoms with Crippen LogP contribution in [0.15, 0.2) is 18.2 Å². The average Bonchev–Trinajstić information content (AvgIpc) is 2.56. The van der Waals surface area contributed by atoms with Crippen LogP contribution in [0.2, 0.25) is 0 Å². The Kier molecular flexibility index (Phi) is 1.79. The Morgan fingerprint density at radius 3 is 3.00 bits per heavy atom. The Morgan fingerprint density at radius 2 is 2.07 bits per heavy atom. The Hall–Kier alpha value is -0.980. The molecule has 14 heavy (non-hydrogen) atoms. The first-order chi connectivity index (χ1) is 6.84. The van der Waals surface area contributed by atoms with E-state index in [1.165, 1.54) is 36.8 Å². The van der Waals surface area contributed by atoms with Gasteiger partial charge < -0.3 is 4.74 Å². The van der Waals surface area contributed by atoms with E-state index >= 15 is 0 Å². The number of rotatable bonds is 0. The molecule has 2 atom stereocenters. The van der Waals surface area contributed by atoms with Crippen LogP contribution in [0, 0.1) is 6.92 Å². The molecule has 1 fully saturated rings. The van der Waals surface area contributed by atoms with E-state index in [-0.39, 0.29) is 0 Å². The van der Waals surface area contributed by atoms with Gasteiger partial charge in [-0.2, -0.15) is 0 Å². The molecule has 3 rings (SSSR count). The summed E-state index contributed by atoms with van der Waals surface area (Å²) in [5.74, 6) is 1.84. The molecule has 1 nitrogen and oxygen atoms in total. The quantitative estimate of drug-likeness (QED) is 0.606. The first-order valence-corrected chi connectivity index (χ1v) is 5.62. The molecule has 1 heterocycles. The van der Waals surface area contributed by atoms with E-state index < -0.39 is 0 Å². The molecule has 0 bridgehead atoms. The van der Waals surface area contributed by atoms with E-state index in [0.717, 1.165) is 5.75 Å². The Morgan fingerprint density at radius 1 is 1.21 bits per heavy atom. The highest BCUT2D eigenvalue weighted by atomic mass is 16.5. The van der Waals surface area contributed by atoms with Gasteiger partial charge in [0, 0.05) is 11.5 Å². The van der Waals surface area contributed by atoms with Crippen molar-refractivity contribution in [3.8, 4) is 5.75 Å². The second kappa shape index (κ2) is 3.01. The second-order valence-corrected chi connectivity index (χ2v) is 4.59. The summed E-state index contributed by atoms with van der Waals surface area (Å²) in [6.45, 7) is 2.16. The van der Waals surface area contributed by atoms with E-state index in [4.69, 9.17) is 4.74 Å². The largest absolute Gasteiger partial charge is 0.489 e. The van der Waals surface area contributed by atoms with Gasteiger partial charge in [-0.15, -0.1) is 0 Å². The second-order valence-electron chi connectivity index (χ2n) is 4.59. The molecule has 1 aliphatic heterocycles. The van der Waals surface area contributed by atoms with E-state index in [1.54, 1.807) is 0 Å². The van der Waals surface area contributed by atoms with E-state index in [9.17, 15) is 0 Å². The van der Waals surface area contributed by atoms with Gasteiger partial charge in [-0.3, -0.25) is 0 Å². The van der Waals surface area contributed by atoms with Gasteiger partial charge in [0.15, 0.2) is 0 Å². The maximum Gasteiger partial charge on any atom is 0.123 e. The van der Waals surface area contributed by atoms with Crippen molar-refractivity contribution in [3.63, 3.8) is 0 Å². The minimum atomic E-state index is 0.487. The predicted octanol–water partition coefficient (Wildman–Crippen LogP) is 3.41. The highest BCUT2D eigenvalue weighted by Crippen LogP contribution is 2.45. The van der Waals surface area contributed by atoms with Crippen LogP contribution in [0.1, 0.15) is 42.7 Å². The maximum atomic E-state index is 5.97. The lowest BCUT2D eigenvalue weighted by Gasteiger charge is -2.23. The zero-order valence-corrected chi connectivity index (χ0v) is 8.62. The smallest absolute Gasteiger partial charge is 0.123 e. The highest BCUT2D eigenvalue weighted by molar-refractivity contribution is 5.43. The van der Waals surface area contributed by atoms with Crippen molar-refractivity contribution in [2.24, 2.45) is 0 Å². The van der Waals surface area contributed by atoms with Gasteiger partial charge >= 0.3 is 0 Å². The van der Waals surface area contributed by atoms with Gasteiger partial charge in [0.1, 0.15) is 11.9 Å². The summed E-state index contributed by atoms with van der Waals surface area (Å²) in [6, 6.07) is 6.60. The van der Waals surface area contributed by atoms with Gasteiger partial charge in [-0.1, -0.05) is 24.1 Å². The van der Waals surface area contributed by atoms with Crippen LogP contribution in [0.25, 0.3) is 0 Å². The zero-order valence-electron chi connectivity index (χ0n) is 8.62. The summed E-state index contributed by atoms with van der Waals surface area (Å²) in [5.41, 5.74) is 2.83. The SMILES string of the molecule is Cc1ccc2c(c1)[C@H]1CCCC[C@@H]1O2. The van der Waals surface area contributed by atoms with Crippen LogP contribution >= 0.6 is 0 Å². The van der Waals surface area contributed by atoms with Crippen LogP contribution < -0.4 is 4.74 Å². The molecule has 0 radical (unpaired) electrons. The minimum absolute atomic E-state index is 0.487. The van der Waals surface area contributed by atoms with E-state index in [0.29, 0.717) is 12.0 Å². The summed E-state index contributed by atoms with van der Waals surface area (Å²) < 4.78 is 5.97. The molecule has 2 aliphatic rings. The minimum Gasteiger partial charge on any atom is -0.489 e.